The van der Waals surface area contributed by atoms with Gasteiger partial charge in [0.15, 0.2) is 11.6 Å². The van der Waals surface area contributed by atoms with Crippen molar-refractivity contribution in [2.45, 2.75) is 13.3 Å². The number of guanidine groups is 1. The zero-order valence-electron chi connectivity index (χ0n) is 16.7. The van der Waals surface area contributed by atoms with Crippen LogP contribution in [0.3, 0.4) is 0 Å². The fourth-order valence-corrected chi connectivity index (χ4v) is 3.56. The summed E-state index contributed by atoms with van der Waals surface area (Å²) in [5.74, 6) is 1.94. The van der Waals surface area contributed by atoms with E-state index >= 15 is 0 Å². The maximum Gasteiger partial charge on any atom is 0.194 e. The summed E-state index contributed by atoms with van der Waals surface area (Å²) < 4.78 is 2.03. The number of rotatable bonds is 5. The quantitative estimate of drug-likeness (QED) is 0.328. The Morgan fingerprint density at radius 1 is 1.00 bits per heavy atom. The fraction of sp³-hybridized carbons (Fsp3) is 0.381. The minimum atomic E-state index is 0. The van der Waals surface area contributed by atoms with E-state index in [1.807, 2.05) is 28.8 Å². The first-order chi connectivity index (χ1) is 13.8. The van der Waals surface area contributed by atoms with Crippen molar-refractivity contribution in [3.05, 3.63) is 60.6 Å². The summed E-state index contributed by atoms with van der Waals surface area (Å²) in [4.78, 5) is 9.63. The molecule has 2 aromatic heterocycles. The standard InChI is InChI=1S/C21H27N7.HI/c1-2-22-21(23-12-11-20-25-24-19-10-6-7-13-28(19)20)27-16-14-26(15-17-27)18-8-4-3-5-9-18;/h3-10,13H,2,11-12,14-17H2,1H3,(H,22,23);1H. The van der Waals surface area contributed by atoms with Crippen LogP contribution in [-0.4, -0.2) is 64.7 Å². The van der Waals surface area contributed by atoms with Crippen LogP contribution in [0.2, 0.25) is 0 Å². The molecule has 7 nitrogen and oxygen atoms in total. The number of nitrogens with zero attached hydrogens (tertiary/aromatic N) is 6. The third kappa shape index (κ3) is 5.17. The van der Waals surface area contributed by atoms with Gasteiger partial charge in [0.25, 0.3) is 0 Å². The highest BCUT2D eigenvalue weighted by atomic mass is 127. The Bertz CT molecular complexity index is 917. The number of aromatic nitrogens is 3. The first-order valence-electron chi connectivity index (χ1n) is 9.97. The normalized spacial score (nSPS) is 14.7. The lowest BCUT2D eigenvalue weighted by molar-refractivity contribution is 0.372. The molecular weight excluding hydrogens is 477 g/mol. The monoisotopic (exact) mass is 505 g/mol. The number of pyridine rings is 1. The topological polar surface area (TPSA) is 61.1 Å². The molecule has 1 saturated heterocycles. The maximum absolute atomic E-state index is 4.85. The zero-order valence-corrected chi connectivity index (χ0v) is 19.1. The van der Waals surface area contributed by atoms with Crippen molar-refractivity contribution in [2.75, 3.05) is 44.2 Å². The number of nitrogens with one attached hydrogen (secondary N) is 1. The number of piperazine rings is 1. The molecule has 1 aliphatic rings. The van der Waals surface area contributed by atoms with Crippen molar-refractivity contribution in [3.8, 4) is 0 Å². The maximum atomic E-state index is 4.85. The molecule has 4 rings (SSSR count). The average molecular weight is 505 g/mol. The van der Waals surface area contributed by atoms with Crippen LogP contribution >= 0.6 is 24.0 Å². The molecule has 0 spiro atoms. The number of aliphatic imine (C=N–C) groups is 1. The van der Waals surface area contributed by atoms with Crippen LogP contribution in [-0.2, 0) is 6.42 Å². The number of para-hydroxylation sites is 1. The molecular formula is C21H28IN7. The molecule has 0 saturated carbocycles. The summed E-state index contributed by atoms with van der Waals surface area (Å²) in [7, 11) is 0. The summed E-state index contributed by atoms with van der Waals surface area (Å²) >= 11 is 0. The smallest absolute Gasteiger partial charge is 0.194 e. The molecule has 0 bridgehead atoms. The van der Waals surface area contributed by atoms with Gasteiger partial charge in [-0.25, -0.2) is 0 Å². The van der Waals surface area contributed by atoms with Gasteiger partial charge < -0.3 is 15.1 Å². The van der Waals surface area contributed by atoms with Crippen LogP contribution in [0, 0.1) is 0 Å². The van der Waals surface area contributed by atoms with Crippen molar-refractivity contribution < 1.29 is 0 Å². The number of benzene rings is 1. The van der Waals surface area contributed by atoms with Crippen molar-refractivity contribution in [1.82, 2.24) is 24.8 Å². The van der Waals surface area contributed by atoms with Crippen molar-refractivity contribution in [1.29, 1.82) is 0 Å². The summed E-state index contributed by atoms with van der Waals surface area (Å²) in [6, 6.07) is 16.6. The number of fused-ring (bicyclic) bond motifs is 1. The Morgan fingerprint density at radius 2 is 1.76 bits per heavy atom. The molecule has 8 heteroatoms. The molecule has 1 aromatic carbocycles. The lowest BCUT2D eigenvalue weighted by atomic mass is 10.2. The number of hydrogen-bond acceptors (Lipinski definition) is 4. The molecule has 1 fully saturated rings. The van der Waals surface area contributed by atoms with Gasteiger partial charge in [-0.05, 0) is 31.2 Å². The largest absolute Gasteiger partial charge is 0.368 e. The van der Waals surface area contributed by atoms with E-state index in [2.05, 4.69) is 62.6 Å². The summed E-state index contributed by atoms with van der Waals surface area (Å²) in [5, 5.41) is 11.9. The molecule has 1 aliphatic heterocycles. The van der Waals surface area contributed by atoms with Crippen LogP contribution in [0.1, 0.15) is 12.7 Å². The van der Waals surface area contributed by atoms with Crippen molar-refractivity contribution in [3.63, 3.8) is 0 Å². The van der Waals surface area contributed by atoms with E-state index in [1.54, 1.807) is 0 Å². The van der Waals surface area contributed by atoms with Gasteiger partial charge in [-0.2, -0.15) is 0 Å². The Labute approximate surface area is 188 Å². The van der Waals surface area contributed by atoms with E-state index in [4.69, 9.17) is 4.99 Å². The van der Waals surface area contributed by atoms with Crippen LogP contribution in [0.25, 0.3) is 5.65 Å². The van der Waals surface area contributed by atoms with Gasteiger partial charge in [-0.15, -0.1) is 34.2 Å². The molecule has 3 heterocycles. The van der Waals surface area contributed by atoms with E-state index < -0.39 is 0 Å². The Kier molecular flexibility index (Phi) is 7.68. The number of hydrogen-bond donors (Lipinski definition) is 1. The number of anilines is 1. The molecule has 0 amide bonds. The highest BCUT2D eigenvalue weighted by molar-refractivity contribution is 14.0. The van der Waals surface area contributed by atoms with Gasteiger partial charge in [0.1, 0.15) is 5.82 Å². The molecule has 29 heavy (non-hydrogen) atoms. The minimum Gasteiger partial charge on any atom is -0.368 e. The van der Waals surface area contributed by atoms with E-state index in [0.717, 1.165) is 56.6 Å². The zero-order chi connectivity index (χ0) is 19.2. The van der Waals surface area contributed by atoms with E-state index in [0.29, 0.717) is 6.54 Å². The molecule has 154 valence electrons. The van der Waals surface area contributed by atoms with Gasteiger partial charge >= 0.3 is 0 Å². The van der Waals surface area contributed by atoms with Gasteiger partial charge in [0, 0.05) is 57.6 Å². The van der Waals surface area contributed by atoms with E-state index in [9.17, 15) is 0 Å². The second-order valence-corrected chi connectivity index (χ2v) is 6.84. The second-order valence-electron chi connectivity index (χ2n) is 6.84. The van der Waals surface area contributed by atoms with Crippen molar-refractivity contribution >= 4 is 41.3 Å². The predicted molar refractivity (Wildman–Crippen MR) is 128 cm³/mol. The van der Waals surface area contributed by atoms with Crippen LogP contribution < -0.4 is 10.2 Å². The highest BCUT2D eigenvalue weighted by Gasteiger charge is 2.19. The molecule has 3 aromatic rings. The highest BCUT2D eigenvalue weighted by Crippen LogP contribution is 2.15. The van der Waals surface area contributed by atoms with Crippen LogP contribution in [0.4, 0.5) is 5.69 Å². The predicted octanol–water partition coefficient (Wildman–Crippen LogP) is 2.68. The van der Waals surface area contributed by atoms with E-state index in [-0.39, 0.29) is 24.0 Å². The molecule has 0 unspecified atom stereocenters. The minimum absolute atomic E-state index is 0. The van der Waals surface area contributed by atoms with Crippen molar-refractivity contribution in [2.24, 2.45) is 4.99 Å². The second kappa shape index (κ2) is 10.4. The first-order valence-corrected chi connectivity index (χ1v) is 9.97. The van der Waals surface area contributed by atoms with Crippen LogP contribution in [0.5, 0.6) is 0 Å². The lowest BCUT2D eigenvalue weighted by Crippen LogP contribution is -2.52. The fourth-order valence-electron chi connectivity index (χ4n) is 3.56. The molecule has 0 atom stereocenters. The SMILES string of the molecule is CCNC(=NCCc1nnc2ccccn12)N1CCN(c2ccccc2)CC1.I. The Balaban J connectivity index is 0.00000240. The van der Waals surface area contributed by atoms with Gasteiger partial charge in [-0.3, -0.25) is 9.39 Å². The first kappa shape index (κ1) is 21.4. The average Bonchev–Trinajstić information content (AvgIpc) is 3.17. The summed E-state index contributed by atoms with van der Waals surface area (Å²) in [6.07, 6.45) is 2.77. The molecule has 0 radical (unpaired) electrons. The van der Waals surface area contributed by atoms with Gasteiger partial charge in [0.05, 0.1) is 0 Å². The Hall–Kier alpha value is -2.36. The Morgan fingerprint density at radius 3 is 2.52 bits per heavy atom. The molecule has 1 N–H and O–H groups in total. The van der Waals surface area contributed by atoms with Crippen LogP contribution in [0.15, 0.2) is 59.7 Å². The third-order valence-corrected chi connectivity index (χ3v) is 5.02. The summed E-state index contributed by atoms with van der Waals surface area (Å²) in [6.45, 7) is 7.61. The van der Waals surface area contributed by atoms with Gasteiger partial charge in [0.2, 0.25) is 0 Å². The summed E-state index contributed by atoms with van der Waals surface area (Å²) in [5.41, 5.74) is 2.17. The van der Waals surface area contributed by atoms with Gasteiger partial charge in [-0.1, -0.05) is 24.3 Å². The molecule has 0 aliphatic carbocycles. The van der Waals surface area contributed by atoms with E-state index in [1.165, 1.54) is 5.69 Å². The number of halogens is 1. The third-order valence-electron chi connectivity index (χ3n) is 5.02. The lowest BCUT2D eigenvalue weighted by Gasteiger charge is -2.37.